The predicted molar refractivity (Wildman–Crippen MR) is 133 cm³/mol. The highest BCUT2D eigenvalue weighted by Crippen LogP contribution is 2.36. The molecule has 0 spiro atoms. The summed E-state index contributed by atoms with van der Waals surface area (Å²) in [6, 6.07) is 21.6. The summed E-state index contributed by atoms with van der Waals surface area (Å²) in [5.41, 5.74) is 7.55. The van der Waals surface area contributed by atoms with E-state index in [4.69, 9.17) is 15.5 Å². The summed E-state index contributed by atoms with van der Waals surface area (Å²) in [7, 11) is 1.84. The number of hydrogen-bond acceptors (Lipinski definition) is 6. The summed E-state index contributed by atoms with van der Waals surface area (Å²) in [5.74, 6) is 1.19. The lowest BCUT2D eigenvalue weighted by atomic mass is 9.92. The minimum absolute atomic E-state index is 0.466. The Labute approximate surface area is 192 Å². The molecule has 0 aliphatic carbocycles. The number of anilines is 3. The lowest BCUT2D eigenvalue weighted by molar-refractivity contribution is 1.20. The van der Waals surface area contributed by atoms with Crippen molar-refractivity contribution in [2.75, 3.05) is 17.7 Å². The first-order chi connectivity index (χ1) is 16.0. The Morgan fingerprint density at radius 1 is 0.939 bits per heavy atom. The van der Waals surface area contributed by atoms with Crippen molar-refractivity contribution in [1.29, 1.82) is 10.5 Å². The largest absolute Gasteiger partial charge is 0.372 e. The normalized spacial score (nSPS) is 10.7. The first-order valence-electron chi connectivity index (χ1n) is 10.5. The van der Waals surface area contributed by atoms with Gasteiger partial charge in [-0.3, -0.25) is 0 Å². The van der Waals surface area contributed by atoms with Crippen LogP contribution >= 0.6 is 0 Å². The van der Waals surface area contributed by atoms with Crippen LogP contribution in [0, 0.1) is 36.5 Å². The van der Waals surface area contributed by atoms with E-state index in [1.54, 1.807) is 12.1 Å². The van der Waals surface area contributed by atoms with E-state index in [0.29, 0.717) is 11.5 Å². The van der Waals surface area contributed by atoms with E-state index in [-0.39, 0.29) is 0 Å². The van der Waals surface area contributed by atoms with Crippen LogP contribution in [-0.4, -0.2) is 17.0 Å². The molecular formula is C27H22N6. The molecule has 160 valence electrons. The van der Waals surface area contributed by atoms with Crippen LogP contribution in [0.3, 0.4) is 0 Å². The first-order valence-corrected chi connectivity index (χ1v) is 10.5. The maximum Gasteiger partial charge on any atom is 0.229 e. The van der Waals surface area contributed by atoms with Gasteiger partial charge in [-0.2, -0.15) is 15.5 Å². The highest BCUT2D eigenvalue weighted by Gasteiger charge is 2.15. The van der Waals surface area contributed by atoms with Gasteiger partial charge in [0.2, 0.25) is 5.95 Å². The Balaban J connectivity index is 1.86. The molecular weight excluding hydrogens is 408 g/mol. The van der Waals surface area contributed by atoms with Crippen LogP contribution in [0.2, 0.25) is 0 Å². The van der Waals surface area contributed by atoms with Crippen LogP contribution in [0.4, 0.5) is 17.5 Å². The third kappa shape index (κ3) is 4.37. The molecule has 0 aliphatic rings. The lowest BCUT2D eigenvalue weighted by Gasteiger charge is -2.16. The molecule has 6 heteroatoms. The van der Waals surface area contributed by atoms with Crippen LogP contribution < -0.4 is 10.6 Å². The Kier molecular flexibility index (Phi) is 6.02. The number of hydrogen-bond donors (Lipinski definition) is 2. The highest BCUT2D eigenvalue weighted by molar-refractivity contribution is 6.01. The Bertz CT molecular complexity index is 1430. The van der Waals surface area contributed by atoms with Crippen molar-refractivity contribution in [1.82, 2.24) is 9.97 Å². The maximum atomic E-state index is 9.03. The fourth-order valence-corrected chi connectivity index (χ4v) is 4.01. The number of nitrogens with one attached hydrogen (secondary N) is 2. The molecule has 0 amide bonds. The number of aromatic nitrogens is 2. The number of para-hydroxylation sites is 1. The van der Waals surface area contributed by atoms with E-state index in [0.717, 1.165) is 50.2 Å². The van der Waals surface area contributed by atoms with Gasteiger partial charge in [0.25, 0.3) is 0 Å². The number of fused-ring (bicyclic) bond motifs is 1. The summed E-state index contributed by atoms with van der Waals surface area (Å²) in [4.78, 5) is 9.51. The van der Waals surface area contributed by atoms with Gasteiger partial charge < -0.3 is 10.6 Å². The Morgan fingerprint density at radius 2 is 1.67 bits per heavy atom. The van der Waals surface area contributed by atoms with Crippen molar-refractivity contribution in [3.8, 4) is 23.3 Å². The zero-order valence-corrected chi connectivity index (χ0v) is 18.6. The molecule has 6 nitrogen and oxygen atoms in total. The van der Waals surface area contributed by atoms with Gasteiger partial charge in [0.15, 0.2) is 0 Å². The van der Waals surface area contributed by atoms with Gasteiger partial charge >= 0.3 is 0 Å². The number of allylic oxidation sites excluding steroid dienone is 1. The summed E-state index contributed by atoms with van der Waals surface area (Å²) in [5, 5.41) is 25.2. The predicted octanol–water partition coefficient (Wildman–Crippen LogP) is 6.11. The van der Waals surface area contributed by atoms with Gasteiger partial charge in [0, 0.05) is 29.8 Å². The second-order valence-corrected chi connectivity index (χ2v) is 7.65. The topological polar surface area (TPSA) is 97.4 Å². The van der Waals surface area contributed by atoms with Gasteiger partial charge in [-0.15, -0.1) is 0 Å². The van der Waals surface area contributed by atoms with Gasteiger partial charge in [0.05, 0.1) is 23.2 Å². The quantitative estimate of drug-likeness (QED) is 0.371. The van der Waals surface area contributed by atoms with Crippen LogP contribution in [0.5, 0.6) is 0 Å². The molecule has 0 fully saturated rings. The van der Waals surface area contributed by atoms with Crippen LogP contribution in [0.15, 0.2) is 60.7 Å². The SMILES string of the molecule is CNc1nc(Nc2ccc(C#N)cc2)nc2c(-c3c(C)cc(C=CC#N)cc3C)cccc12. The lowest BCUT2D eigenvalue weighted by Crippen LogP contribution is -2.03. The number of nitriles is 2. The average molecular weight is 431 g/mol. The molecule has 4 rings (SSSR count). The van der Waals surface area contributed by atoms with Crippen molar-refractivity contribution >= 4 is 34.4 Å². The van der Waals surface area contributed by atoms with E-state index in [1.165, 1.54) is 6.08 Å². The third-order valence-electron chi connectivity index (χ3n) is 5.41. The minimum Gasteiger partial charge on any atom is -0.372 e. The Morgan fingerprint density at radius 3 is 2.30 bits per heavy atom. The van der Waals surface area contributed by atoms with Gasteiger partial charge in [-0.1, -0.05) is 24.3 Å². The molecule has 0 atom stereocenters. The number of nitrogens with zero attached hydrogens (tertiary/aromatic N) is 4. The van der Waals surface area contributed by atoms with Crippen molar-refractivity contribution in [3.63, 3.8) is 0 Å². The van der Waals surface area contributed by atoms with Crippen LogP contribution in [0.1, 0.15) is 22.3 Å². The van der Waals surface area contributed by atoms with Crippen molar-refractivity contribution in [2.45, 2.75) is 13.8 Å². The zero-order chi connectivity index (χ0) is 23.4. The molecule has 0 radical (unpaired) electrons. The molecule has 1 heterocycles. The molecule has 0 saturated carbocycles. The third-order valence-corrected chi connectivity index (χ3v) is 5.41. The van der Waals surface area contributed by atoms with E-state index in [9.17, 15) is 0 Å². The summed E-state index contributed by atoms with van der Waals surface area (Å²) in [6.07, 6.45) is 3.30. The zero-order valence-electron chi connectivity index (χ0n) is 18.6. The summed E-state index contributed by atoms with van der Waals surface area (Å²) >= 11 is 0. The fourth-order valence-electron chi connectivity index (χ4n) is 4.01. The number of aryl methyl sites for hydroxylation is 2. The smallest absolute Gasteiger partial charge is 0.229 e. The molecule has 0 saturated heterocycles. The standard InChI is InChI=1S/C27H22N6/c1-17-14-20(6-5-13-28)15-18(2)24(17)22-7-4-8-23-25(22)32-27(33-26(23)30-3)31-21-11-9-19(16-29)10-12-21/h4-12,14-15H,1-3H3,(H2,30,31,32,33). The van der Waals surface area contributed by atoms with Gasteiger partial charge in [-0.25, -0.2) is 4.98 Å². The molecule has 0 bridgehead atoms. The highest BCUT2D eigenvalue weighted by atomic mass is 15.1. The average Bonchev–Trinajstić information content (AvgIpc) is 2.82. The van der Waals surface area contributed by atoms with Crippen LogP contribution in [0.25, 0.3) is 28.1 Å². The van der Waals surface area contributed by atoms with E-state index < -0.39 is 0 Å². The van der Waals surface area contributed by atoms with E-state index in [1.807, 2.05) is 43.5 Å². The molecule has 3 aromatic carbocycles. The molecule has 0 aliphatic heterocycles. The molecule has 2 N–H and O–H groups in total. The minimum atomic E-state index is 0.466. The molecule has 4 aromatic rings. The summed E-state index contributed by atoms with van der Waals surface area (Å²) in [6.45, 7) is 4.14. The van der Waals surface area contributed by atoms with E-state index >= 15 is 0 Å². The van der Waals surface area contributed by atoms with Gasteiger partial charge in [0.1, 0.15) is 5.82 Å². The van der Waals surface area contributed by atoms with Crippen molar-refractivity contribution in [2.24, 2.45) is 0 Å². The molecule has 33 heavy (non-hydrogen) atoms. The summed E-state index contributed by atoms with van der Waals surface area (Å²) < 4.78 is 0. The second-order valence-electron chi connectivity index (χ2n) is 7.65. The van der Waals surface area contributed by atoms with Crippen molar-refractivity contribution < 1.29 is 0 Å². The van der Waals surface area contributed by atoms with Gasteiger partial charge in [-0.05, 0) is 72.5 Å². The first kappa shape index (κ1) is 21.5. The van der Waals surface area contributed by atoms with Crippen LogP contribution in [-0.2, 0) is 0 Å². The second kappa shape index (κ2) is 9.21. The monoisotopic (exact) mass is 430 g/mol. The van der Waals surface area contributed by atoms with Crippen molar-refractivity contribution in [3.05, 3.63) is 82.9 Å². The fraction of sp³-hybridized carbons (Fsp3) is 0.111. The molecule has 1 aromatic heterocycles. The number of benzene rings is 3. The molecule has 0 unspecified atom stereocenters. The number of rotatable bonds is 5. The van der Waals surface area contributed by atoms with E-state index in [2.05, 4.69) is 53.7 Å². The maximum absolute atomic E-state index is 9.03. The Hall–Kier alpha value is -4.68.